The largest absolute Gasteiger partial charge is 0.329 e. The fraction of sp³-hybridized carbons (Fsp3) is 0.190. The monoisotopic (exact) mass is 424 g/mol. The van der Waals surface area contributed by atoms with E-state index in [9.17, 15) is 9.59 Å². The number of aromatic nitrogens is 3. The lowest BCUT2D eigenvalue weighted by Gasteiger charge is -2.10. The van der Waals surface area contributed by atoms with E-state index in [1.54, 1.807) is 34.7 Å². The van der Waals surface area contributed by atoms with E-state index in [2.05, 4.69) is 10.3 Å². The van der Waals surface area contributed by atoms with Crippen molar-refractivity contribution in [3.63, 3.8) is 0 Å². The molecule has 0 atom stereocenters. The molecule has 2 heterocycles. The highest BCUT2D eigenvalue weighted by Gasteiger charge is 2.14. The second-order valence-corrected chi connectivity index (χ2v) is 8.98. The molecule has 2 aromatic carbocycles. The number of para-hydroxylation sites is 2. The van der Waals surface area contributed by atoms with Crippen LogP contribution in [0.25, 0.3) is 11.0 Å². The smallest absolute Gasteiger partial charge is 0.324 e. The summed E-state index contributed by atoms with van der Waals surface area (Å²) in [6.07, 6.45) is 0. The van der Waals surface area contributed by atoms with E-state index in [-0.39, 0.29) is 18.1 Å². The van der Waals surface area contributed by atoms with Gasteiger partial charge in [-0.25, -0.2) is 9.78 Å². The van der Waals surface area contributed by atoms with Crippen LogP contribution in [0.1, 0.15) is 11.3 Å². The Kier molecular flexibility index (Phi) is 5.29. The summed E-state index contributed by atoms with van der Waals surface area (Å²) < 4.78 is 4.05. The van der Waals surface area contributed by atoms with Crippen LogP contribution in [0.15, 0.2) is 61.9 Å². The summed E-state index contributed by atoms with van der Waals surface area (Å²) in [6.45, 7) is 3.90. The van der Waals surface area contributed by atoms with Gasteiger partial charge in [0, 0.05) is 28.7 Å². The molecule has 0 radical (unpaired) electrons. The van der Waals surface area contributed by atoms with Gasteiger partial charge in [0.15, 0.2) is 4.34 Å². The van der Waals surface area contributed by atoms with E-state index >= 15 is 0 Å². The van der Waals surface area contributed by atoms with Crippen molar-refractivity contribution in [2.45, 2.75) is 29.6 Å². The average Bonchev–Trinajstić information content (AvgIpc) is 3.21. The zero-order valence-corrected chi connectivity index (χ0v) is 17.9. The first-order valence-electron chi connectivity index (χ1n) is 9.07. The van der Waals surface area contributed by atoms with Crippen LogP contribution in [0.4, 0.5) is 5.69 Å². The Morgan fingerprint density at radius 2 is 1.93 bits per heavy atom. The van der Waals surface area contributed by atoms with Crippen LogP contribution in [0.2, 0.25) is 0 Å². The maximum atomic E-state index is 12.6. The third kappa shape index (κ3) is 3.99. The predicted octanol–water partition coefficient (Wildman–Crippen LogP) is 4.20. The molecule has 4 rings (SSSR count). The number of hydrogen-bond donors (Lipinski definition) is 1. The Labute approximate surface area is 176 Å². The number of amides is 1. The second kappa shape index (κ2) is 7.88. The molecule has 0 saturated heterocycles. The Morgan fingerprint density at radius 1 is 1.17 bits per heavy atom. The van der Waals surface area contributed by atoms with Gasteiger partial charge in [-0.05, 0) is 49.7 Å². The van der Waals surface area contributed by atoms with Crippen molar-refractivity contribution >= 4 is 45.7 Å². The normalized spacial score (nSPS) is 11.1. The van der Waals surface area contributed by atoms with E-state index in [1.165, 1.54) is 4.57 Å². The van der Waals surface area contributed by atoms with Crippen molar-refractivity contribution in [3.8, 4) is 0 Å². The third-order valence-electron chi connectivity index (χ3n) is 4.63. The van der Waals surface area contributed by atoms with Crippen LogP contribution in [0, 0.1) is 13.8 Å². The zero-order chi connectivity index (χ0) is 20.5. The Hall–Kier alpha value is -2.84. The second-order valence-electron chi connectivity index (χ2n) is 6.80. The minimum Gasteiger partial charge on any atom is -0.324 e. The first-order chi connectivity index (χ1) is 13.9. The number of imidazole rings is 1. The maximum absolute atomic E-state index is 12.6. The van der Waals surface area contributed by atoms with Crippen LogP contribution in [-0.2, 0) is 18.4 Å². The van der Waals surface area contributed by atoms with Gasteiger partial charge in [-0.2, -0.15) is 0 Å². The third-order valence-corrected chi connectivity index (χ3v) is 6.67. The number of hydrogen-bond acceptors (Lipinski definition) is 5. The Balaban J connectivity index is 1.50. The molecule has 6 nitrogen and oxygen atoms in total. The van der Waals surface area contributed by atoms with Gasteiger partial charge >= 0.3 is 5.69 Å². The number of thiazole rings is 1. The van der Waals surface area contributed by atoms with Gasteiger partial charge in [0.25, 0.3) is 0 Å². The van der Waals surface area contributed by atoms with Crippen LogP contribution in [0.5, 0.6) is 0 Å². The molecule has 2 aromatic heterocycles. The molecular weight excluding hydrogens is 404 g/mol. The van der Waals surface area contributed by atoms with Crippen molar-refractivity contribution in [2.75, 3.05) is 5.32 Å². The topological polar surface area (TPSA) is 68.9 Å². The SMILES string of the molecule is Cc1csc(Sc2ccc(NC(=O)Cn3c(=O)n(C)c4ccccc43)c(C)c2)n1. The minimum atomic E-state index is -0.234. The van der Waals surface area contributed by atoms with Crippen LogP contribution < -0.4 is 11.0 Å². The molecule has 4 aromatic rings. The van der Waals surface area contributed by atoms with Crippen molar-refractivity contribution < 1.29 is 4.79 Å². The molecule has 0 unspecified atom stereocenters. The number of nitrogens with zero attached hydrogens (tertiary/aromatic N) is 3. The van der Waals surface area contributed by atoms with E-state index < -0.39 is 0 Å². The lowest BCUT2D eigenvalue weighted by molar-refractivity contribution is -0.116. The van der Waals surface area contributed by atoms with Gasteiger partial charge in [-0.3, -0.25) is 13.9 Å². The fourth-order valence-electron chi connectivity index (χ4n) is 3.17. The van der Waals surface area contributed by atoms with Gasteiger partial charge in [-0.1, -0.05) is 23.9 Å². The highest BCUT2D eigenvalue weighted by molar-refractivity contribution is 8.01. The molecule has 0 bridgehead atoms. The zero-order valence-electron chi connectivity index (χ0n) is 16.3. The van der Waals surface area contributed by atoms with Gasteiger partial charge < -0.3 is 5.32 Å². The molecule has 29 heavy (non-hydrogen) atoms. The van der Waals surface area contributed by atoms with Crippen LogP contribution in [0.3, 0.4) is 0 Å². The number of anilines is 1. The summed E-state index contributed by atoms with van der Waals surface area (Å²) in [6, 6.07) is 13.3. The predicted molar refractivity (Wildman–Crippen MR) is 118 cm³/mol. The summed E-state index contributed by atoms with van der Waals surface area (Å²) in [7, 11) is 1.71. The molecule has 0 aliphatic rings. The number of carbonyl (C=O) groups excluding carboxylic acids is 1. The van der Waals surface area contributed by atoms with E-state index in [1.807, 2.05) is 61.7 Å². The van der Waals surface area contributed by atoms with Gasteiger partial charge in [0.1, 0.15) is 6.54 Å². The number of nitrogens with one attached hydrogen (secondary N) is 1. The standard InChI is InChI=1S/C21H20N4O2S2/c1-13-10-15(29-20-22-14(2)12-28-20)8-9-16(13)23-19(26)11-25-18-7-5-4-6-17(18)24(3)21(25)27/h4-10,12H,11H2,1-3H3,(H,23,26). The molecule has 0 aliphatic carbocycles. The summed E-state index contributed by atoms with van der Waals surface area (Å²) in [4.78, 5) is 30.7. The lowest BCUT2D eigenvalue weighted by atomic mass is 10.2. The summed E-state index contributed by atoms with van der Waals surface area (Å²) in [5.74, 6) is -0.234. The van der Waals surface area contributed by atoms with Crippen molar-refractivity contribution in [1.29, 1.82) is 0 Å². The van der Waals surface area contributed by atoms with Gasteiger partial charge in [0.2, 0.25) is 5.91 Å². The quantitative estimate of drug-likeness (QED) is 0.521. The van der Waals surface area contributed by atoms with Crippen molar-refractivity contribution in [2.24, 2.45) is 7.05 Å². The molecule has 0 saturated carbocycles. The van der Waals surface area contributed by atoms with E-state index in [0.29, 0.717) is 0 Å². The fourth-order valence-corrected chi connectivity index (χ4v) is 5.08. The number of carbonyl (C=O) groups is 1. The average molecular weight is 425 g/mol. The molecule has 1 N–H and O–H groups in total. The molecule has 0 fully saturated rings. The summed E-state index contributed by atoms with van der Waals surface area (Å²) in [5.41, 5.74) is 4.06. The number of fused-ring (bicyclic) bond motifs is 1. The molecular formula is C21H20N4O2S2. The Bertz CT molecular complexity index is 1270. The Morgan fingerprint density at radius 3 is 2.62 bits per heavy atom. The number of rotatable bonds is 5. The van der Waals surface area contributed by atoms with Crippen LogP contribution >= 0.6 is 23.1 Å². The van der Waals surface area contributed by atoms with E-state index in [4.69, 9.17) is 0 Å². The lowest BCUT2D eigenvalue weighted by Crippen LogP contribution is -2.28. The molecule has 148 valence electrons. The molecule has 0 aliphatic heterocycles. The highest BCUT2D eigenvalue weighted by Crippen LogP contribution is 2.32. The first-order valence-corrected chi connectivity index (χ1v) is 10.8. The summed E-state index contributed by atoms with van der Waals surface area (Å²) in [5, 5.41) is 4.95. The number of benzene rings is 2. The van der Waals surface area contributed by atoms with E-state index in [0.717, 1.165) is 37.2 Å². The highest BCUT2D eigenvalue weighted by atomic mass is 32.2. The maximum Gasteiger partial charge on any atom is 0.329 e. The van der Waals surface area contributed by atoms with Crippen LogP contribution in [-0.4, -0.2) is 20.0 Å². The minimum absolute atomic E-state index is 0.0332. The first kappa shape index (κ1) is 19.5. The molecule has 0 spiro atoms. The van der Waals surface area contributed by atoms with Gasteiger partial charge in [-0.15, -0.1) is 11.3 Å². The van der Waals surface area contributed by atoms with Crippen molar-refractivity contribution in [1.82, 2.24) is 14.1 Å². The van der Waals surface area contributed by atoms with Gasteiger partial charge in [0.05, 0.1) is 11.0 Å². The molecule has 1 amide bonds. The number of aryl methyl sites for hydroxylation is 3. The summed E-state index contributed by atoms with van der Waals surface area (Å²) >= 11 is 3.22. The molecule has 8 heteroatoms. The van der Waals surface area contributed by atoms with Crippen molar-refractivity contribution in [3.05, 3.63) is 69.6 Å².